The van der Waals surface area contributed by atoms with Crippen molar-refractivity contribution in [3.63, 3.8) is 0 Å². The van der Waals surface area contributed by atoms with Gasteiger partial charge in [0.25, 0.3) is 0 Å². The molecule has 0 heterocycles. The molecular weight excluding hydrogens is 1390 g/mol. The van der Waals surface area contributed by atoms with Gasteiger partial charge in [0.05, 0.1) is 26.4 Å². The molecule has 17 nitrogen and oxygen atoms in total. The van der Waals surface area contributed by atoms with Crippen LogP contribution in [-0.4, -0.2) is 96.7 Å². The van der Waals surface area contributed by atoms with E-state index in [1.165, 1.54) is 276 Å². The van der Waals surface area contributed by atoms with Gasteiger partial charge < -0.3 is 33.8 Å². The zero-order chi connectivity index (χ0) is 78.6. The van der Waals surface area contributed by atoms with Crippen LogP contribution >= 0.6 is 15.6 Å². The van der Waals surface area contributed by atoms with Crippen LogP contribution in [0.2, 0.25) is 0 Å². The van der Waals surface area contributed by atoms with E-state index in [1.807, 2.05) is 0 Å². The summed E-state index contributed by atoms with van der Waals surface area (Å²) in [5, 5.41) is 10.7. The number of carbonyl (C=O) groups excluding carboxylic acids is 4. The van der Waals surface area contributed by atoms with Crippen molar-refractivity contribution in [2.75, 3.05) is 39.6 Å². The normalized spacial score (nSPS) is 14.3. The third kappa shape index (κ3) is 79.1. The van der Waals surface area contributed by atoms with Crippen LogP contribution in [0.25, 0.3) is 0 Å². The largest absolute Gasteiger partial charge is 0.472 e. The van der Waals surface area contributed by atoms with E-state index < -0.39 is 97.5 Å². The van der Waals surface area contributed by atoms with Crippen LogP contribution in [0.1, 0.15) is 466 Å². The van der Waals surface area contributed by atoms with Crippen molar-refractivity contribution in [2.45, 2.75) is 484 Å². The molecule has 0 aliphatic rings. The van der Waals surface area contributed by atoms with Gasteiger partial charge in [-0.3, -0.25) is 37.3 Å². The highest BCUT2D eigenvalue weighted by molar-refractivity contribution is 7.47. The van der Waals surface area contributed by atoms with Crippen molar-refractivity contribution in [3.05, 3.63) is 0 Å². The Morgan fingerprint density at radius 2 is 0.477 bits per heavy atom. The summed E-state index contributed by atoms with van der Waals surface area (Å²) in [7, 11) is -9.93. The van der Waals surface area contributed by atoms with Crippen LogP contribution in [0.3, 0.4) is 0 Å². The highest BCUT2D eigenvalue weighted by Crippen LogP contribution is 2.45. The summed E-state index contributed by atoms with van der Waals surface area (Å²) >= 11 is 0. The Labute approximate surface area is 658 Å². The second-order valence-electron chi connectivity index (χ2n) is 32.6. The molecule has 0 aliphatic heterocycles. The van der Waals surface area contributed by atoms with E-state index in [0.29, 0.717) is 25.7 Å². The van der Waals surface area contributed by atoms with Crippen LogP contribution in [0.5, 0.6) is 0 Å². The fourth-order valence-electron chi connectivity index (χ4n) is 13.7. The quantitative estimate of drug-likeness (QED) is 0.0222. The van der Waals surface area contributed by atoms with Crippen LogP contribution in [0.15, 0.2) is 0 Å². The molecule has 636 valence electrons. The van der Waals surface area contributed by atoms with Gasteiger partial charge in [0, 0.05) is 25.7 Å². The molecule has 0 aromatic heterocycles. The first-order chi connectivity index (χ1) is 51.8. The van der Waals surface area contributed by atoms with Gasteiger partial charge in [0.15, 0.2) is 12.2 Å². The third-order valence-corrected chi connectivity index (χ3v) is 23.3. The number of unbranched alkanes of at least 4 members (excludes halogenated alkanes) is 52. The number of carbonyl (C=O) groups is 4. The number of aliphatic hydroxyl groups excluding tert-OH is 1. The molecule has 0 aliphatic carbocycles. The summed E-state index contributed by atoms with van der Waals surface area (Å²) in [5.41, 5.74) is 0. The molecule has 0 amide bonds. The van der Waals surface area contributed by atoms with Crippen molar-refractivity contribution in [2.24, 2.45) is 17.8 Å². The average molecular weight is 1560 g/mol. The minimum absolute atomic E-state index is 0.107. The van der Waals surface area contributed by atoms with Crippen molar-refractivity contribution in [1.82, 2.24) is 0 Å². The molecule has 0 aromatic rings. The van der Waals surface area contributed by atoms with Gasteiger partial charge in [-0.15, -0.1) is 0 Å². The predicted molar refractivity (Wildman–Crippen MR) is 441 cm³/mol. The standard InChI is InChI=1S/C88H172O17P2/c1-8-11-12-13-14-15-16-17-18-19-20-21-22-23-24-25-30-36-41-50-57-64-71-87(92)104-83(75-98-85(90)69-62-55-48-40-35-29-27-26-28-34-39-46-53-60-67-80(6)9-2)77-102-106(94,95)100-73-82(89)74-101-107(96,97)103-78-84(76-99-86(91)70-63-56-49-44-43-47-54-61-68-81(7)10-3)105-88(93)72-65-58-51-42-37-32-31-33-38-45-52-59-66-79(4)5/h79-84,89H,8-78H2,1-7H3,(H,94,95)(H,96,97)/t80?,81?,82-,83-,84-/m1/s1. The molecule has 0 fully saturated rings. The molecule has 0 spiro atoms. The number of hydrogen-bond donors (Lipinski definition) is 3. The maximum Gasteiger partial charge on any atom is 0.472 e. The van der Waals surface area contributed by atoms with E-state index in [2.05, 4.69) is 48.5 Å². The van der Waals surface area contributed by atoms with Crippen molar-refractivity contribution < 1.29 is 80.2 Å². The highest BCUT2D eigenvalue weighted by Gasteiger charge is 2.31. The Morgan fingerprint density at radius 3 is 0.710 bits per heavy atom. The minimum atomic E-state index is -4.97. The molecule has 19 heteroatoms. The first kappa shape index (κ1) is 105. The summed E-state index contributed by atoms with van der Waals surface area (Å²) in [6, 6.07) is 0. The average Bonchev–Trinajstić information content (AvgIpc) is 0.900. The number of phosphoric acid groups is 2. The number of esters is 4. The molecule has 4 unspecified atom stereocenters. The summed E-state index contributed by atoms with van der Waals surface area (Å²) < 4.78 is 69.0. The second kappa shape index (κ2) is 78.0. The van der Waals surface area contributed by atoms with Crippen LogP contribution in [0, 0.1) is 17.8 Å². The first-order valence-corrected chi connectivity index (χ1v) is 48.4. The zero-order valence-corrected chi connectivity index (χ0v) is 72.4. The van der Waals surface area contributed by atoms with E-state index in [1.54, 1.807) is 0 Å². The molecule has 0 saturated carbocycles. The molecule has 0 saturated heterocycles. The van der Waals surface area contributed by atoms with E-state index >= 15 is 0 Å². The summed E-state index contributed by atoms with van der Waals surface area (Å²) in [5.74, 6) is 0.301. The number of hydrogen-bond acceptors (Lipinski definition) is 15. The molecule has 3 N–H and O–H groups in total. The second-order valence-corrected chi connectivity index (χ2v) is 35.5. The zero-order valence-electron chi connectivity index (χ0n) is 70.6. The molecule has 0 bridgehead atoms. The predicted octanol–water partition coefficient (Wildman–Crippen LogP) is 26.9. The Kier molecular flexibility index (Phi) is 76.6. The maximum absolute atomic E-state index is 13.2. The Hall–Kier alpha value is -1.94. The van der Waals surface area contributed by atoms with Crippen molar-refractivity contribution in [3.8, 4) is 0 Å². The monoisotopic (exact) mass is 1560 g/mol. The topological polar surface area (TPSA) is 237 Å². The number of aliphatic hydroxyl groups is 1. The summed E-state index contributed by atoms with van der Waals surface area (Å²) in [6.07, 6.45) is 69.4. The lowest BCUT2D eigenvalue weighted by atomic mass is 9.99. The molecule has 107 heavy (non-hydrogen) atoms. The van der Waals surface area contributed by atoms with Gasteiger partial charge in [0.1, 0.15) is 19.3 Å². The lowest BCUT2D eigenvalue weighted by molar-refractivity contribution is -0.161. The minimum Gasteiger partial charge on any atom is -0.462 e. The van der Waals surface area contributed by atoms with Crippen LogP contribution in [-0.2, 0) is 65.4 Å². The summed E-state index contributed by atoms with van der Waals surface area (Å²) in [4.78, 5) is 73.3. The van der Waals surface area contributed by atoms with Crippen LogP contribution < -0.4 is 0 Å². The Bertz CT molecular complexity index is 2060. The van der Waals surface area contributed by atoms with Gasteiger partial charge in [-0.05, 0) is 43.4 Å². The molecule has 7 atom stereocenters. The molecule has 0 radical (unpaired) electrons. The fourth-order valence-corrected chi connectivity index (χ4v) is 15.2. The van der Waals surface area contributed by atoms with Gasteiger partial charge in [-0.2, -0.15) is 0 Å². The fraction of sp³-hybridized carbons (Fsp3) is 0.955. The first-order valence-electron chi connectivity index (χ1n) is 45.4. The lowest BCUT2D eigenvalue weighted by Gasteiger charge is -2.21. The number of ether oxygens (including phenoxy) is 4. The smallest absolute Gasteiger partial charge is 0.462 e. The highest BCUT2D eigenvalue weighted by atomic mass is 31.2. The Balaban J connectivity index is 5.25. The number of phosphoric ester groups is 2. The SMILES string of the molecule is CCCCCCCCCCCCCCCCCCCCCCCCC(=O)O[C@H](COC(=O)CCCCCCCCCCCCCCCCC(C)CC)COP(=O)(O)OC[C@@H](O)COP(=O)(O)OC[C@@H](COC(=O)CCCCCCCCCCC(C)CC)OC(=O)CCCCCCCCCCCCCCC(C)C. The van der Waals surface area contributed by atoms with Gasteiger partial charge in [-0.25, -0.2) is 9.13 Å². The maximum atomic E-state index is 13.2. The molecular formula is C88H172O17P2. The molecule has 0 rings (SSSR count). The van der Waals surface area contributed by atoms with E-state index in [-0.39, 0.29) is 25.7 Å². The van der Waals surface area contributed by atoms with Crippen LogP contribution in [0.4, 0.5) is 0 Å². The van der Waals surface area contributed by atoms with E-state index in [4.69, 9.17) is 37.0 Å². The summed E-state index contributed by atoms with van der Waals surface area (Å²) in [6.45, 7) is 12.1. The lowest BCUT2D eigenvalue weighted by Crippen LogP contribution is -2.30. The van der Waals surface area contributed by atoms with Gasteiger partial charge in [-0.1, -0.05) is 414 Å². The third-order valence-electron chi connectivity index (χ3n) is 21.4. The Morgan fingerprint density at radius 1 is 0.271 bits per heavy atom. The van der Waals surface area contributed by atoms with E-state index in [0.717, 1.165) is 108 Å². The van der Waals surface area contributed by atoms with Gasteiger partial charge in [0.2, 0.25) is 0 Å². The number of rotatable bonds is 86. The molecule has 0 aromatic carbocycles. The van der Waals surface area contributed by atoms with E-state index in [9.17, 15) is 43.2 Å². The van der Waals surface area contributed by atoms with Crippen molar-refractivity contribution >= 4 is 39.5 Å². The van der Waals surface area contributed by atoms with Crippen molar-refractivity contribution in [1.29, 1.82) is 0 Å². The van der Waals surface area contributed by atoms with Gasteiger partial charge >= 0.3 is 39.5 Å².